The predicted octanol–water partition coefficient (Wildman–Crippen LogP) is 5.28. The number of amides is 1. The number of benzene rings is 2. The molecule has 0 heterocycles. The maximum atomic E-state index is 12.0. The first kappa shape index (κ1) is 19.4. The first-order chi connectivity index (χ1) is 12.0. The van der Waals surface area contributed by atoms with Crippen LogP contribution in [-0.4, -0.2) is 25.5 Å². The number of carbonyl (C=O) groups is 1. The van der Waals surface area contributed by atoms with E-state index in [0.717, 1.165) is 18.8 Å². The molecule has 0 aliphatic carbocycles. The van der Waals surface area contributed by atoms with E-state index in [-0.39, 0.29) is 5.91 Å². The zero-order valence-corrected chi connectivity index (χ0v) is 16.0. The summed E-state index contributed by atoms with van der Waals surface area (Å²) in [6.45, 7) is 6.80. The normalized spacial score (nSPS) is 10.4. The number of halogens is 2. The Labute approximate surface area is 159 Å². The van der Waals surface area contributed by atoms with Crippen molar-refractivity contribution in [3.8, 4) is 0 Å². The number of nitrogens with zero attached hydrogens (tertiary/aromatic N) is 1. The van der Waals surface area contributed by atoms with Crippen LogP contribution in [-0.2, 0) is 4.79 Å². The van der Waals surface area contributed by atoms with Crippen LogP contribution < -0.4 is 15.5 Å². The van der Waals surface area contributed by atoms with Gasteiger partial charge in [-0.25, -0.2) is 0 Å². The van der Waals surface area contributed by atoms with Crippen LogP contribution >= 0.6 is 23.2 Å². The summed E-state index contributed by atoms with van der Waals surface area (Å²) in [4.78, 5) is 14.3. The molecule has 0 unspecified atom stereocenters. The molecule has 2 N–H and O–H groups in total. The zero-order chi connectivity index (χ0) is 18.2. The quantitative estimate of drug-likeness (QED) is 0.655. The number of hydrogen-bond acceptors (Lipinski definition) is 3. The van der Waals surface area contributed by atoms with Gasteiger partial charge in [0.05, 0.1) is 10.0 Å². The van der Waals surface area contributed by atoms with Gasteiger partial charge in [-0.1, -0.05) is 23.2 Å². The highest BCUT2D eigenvalue weighted by Gasteiger charge is 2.05. The Hall–Kier alpha value is -1.91. The van der Waals surface area contributed by atoms with Crippen LogP contribution in [0.2, 0.25) is 10.0 Å². The van der Waals surface area contributed by atoms with E-state index in [9.17, 15) is 4.79 Å². The lowest BCUT2D eigenvalue weighted by molar-refractivity contribution is -0.115. The first-order valence-electron chi connectivity index (χ1n) is 8.37. The van der Waals surface area contributed by atoms with Gasteiger partial charge in [0.1, 0.15) is 0 Å². The largest absolute Gasteiger partial charge is 0.385 e. The summed E-state index contributed by atoms with van der Waals surface area (Å²) >= 11 is 11.8. The Bertz CT molecular complexity index is 700. The molecule has 25 heavy (non-hydrogen) atoms. The fraction of sp³-hybridized carbons (Fsp3) is 0.316. The lowest BCUT2D eigenvalue weighted by Crippen LogP contribution is -2.21. The lowest BCUT2D eigenvalue weighted by Gasteiger charge is -2.21. The Kier molecular flexibility index (Phi) is 7.41. The maximum absolute atomic E-state index is 12.0. The van der Waals surface area contributed by atoms with Gasteiger partial charge in [0.15, 0.2) is 0 Å². The number of nitrogens with one attached hydrogen (secondary N) is 2. The average Bonchev–Trinajstić information content (AvgIpc) is 2.60. The molecular formula is C19H23Cl2N3O. The van der Waals surface area contributed by atoms with Gasteiger partial charge >= 0.3 is 0 Å². The van der Waals surface area contributed by atoms with Crippen molar-refractivity contribution < 1.29 is 4.79 Å². The summed E-state index contributed by atoms with van der Waals surface area (Å²) in [6, 6.07) is 13.3. The zero-order valence-electron chi connectivity index (χ0n) is 14.5. The molecule has 0 spiro atoms. The number of anilines is 3. The van der Waals surface area contributed by atoms with Crippen molar-refractivity contribution >= 4 is 46.2 Å². The number of hydrogen-bond donors (Lipinski definition) is 2. The molecule has 0 aromatic heterocycles. The molecule has 4 nitrogen and oxygen atoms in total. The van der Waals surface area contributed by atoms with Crippen LogP contribution in [0, 0.1) is 0 Å². The minimum absolute atomic E-state index is 0.0781. The van der Waals surface area contributed by atoms with Crippen LogP contribution in [0.4, 0.5) is 17.1 Å². The maximum Gasteiger partial charge on any atom is 0.226 e. The summed E-state index contributed by atoms with van der Waals surface area (Å²) < 4.78 is 0. The van der Waals surface area contributed by atoms with Crippen molar-refractivity contribution in [3.05, 3.63) is 52.5 Å². The molecule has 0 aliphatic heterocycles. The van der Waals surface area contributed by atoms with Crippen LogP contribution in [0.1, 0.15) is 20.3 Å². The number of carbonyl (C=O) groups excluding carboxylic acids is 1. The van der Waals surface area contributed by atoms with Crippen LogP contribution in [0.3, 0.4) is 0 Å². The molecule has 0 aliphatic rings. The highest BCUT2D eigenvalue weighted by Crippen LogP contribution is 2.25. The Morgan fingerprint density at radius 1 is 0.960 bits per heavy atom. The summed E-state index contributed by atoms with van der Waals surface area (Å²) in [6.07, 6.45) is 0.359. The molecule has 0 radical (unpaired) electrons. The fourth-order valence-electron chi connectivity index (χ4n) is 2.50. The van der Waals surface area contributed by atoms with Gasteiger partial charge in [-0.2, -0.15) is 0 Å². The smallest absolute Gasteiger partial charge is 0.226 e. The van der Waals surface area contributed by atoms with Crippen LogP contribution in [0.25, 0.3) is 0 Å². The Balaban J connectivity index is 1.79. The molecule has 1 amide bonds. The van der Waals surface area contributed by atoms with Gasteiger partial charge in [0.25, 0.3) is 0 Å². The average molecular weight is 380 g/mol. The third-order valence-electron chi connectivity index (χ3n) is 3.88. The van der Waals surface area contributed by atoms with E-state index < -0.39 is 0 Å². The van der Waals surface area contributed by atoms with E-state index in [4.69, 9.17) is 23.2 Å². The third-order valence-corrected chi connectivity index (χ3v) is 4.62. The molecule has 0 atom stereocenters. The predicted molar refractivity (Wildman–Crippen MR) is 108 cm³/mol. The van der Waals surface area contributed by atoms with Gasteiger partial charge in [-0.05, 0) is 56.3 Å². The van der Waals surface area contributed by atoms with E-state index in [1.54, 1.807) is 18.2 Å². The first-order valence-corrected chi connectivity index (χ1v) is 9.12. The lowest BCUT2D eigenvalue weighted by atomic mass is 10.2. The van der Waals surface area contributed by atoms with Crippen molar-refractivity contribution in [2.24, 2.45) is 0 Å². The number of rotatable bonds is 8. The van der Waals surface area contributed by atoms with Crippen molar-refractivity contribution in [2.75, 3.05) is 35.2 Å². The van der Waals surface area contributed by atoms with Crippen molar-refractivity contribution in [1.29, 1.82) is 0 Å². The van der Waals surface area contributed by atoms with Gasteiger partial charge in [0, 0.05) is 43.1 Å². The van der Waals surface area contributed by atoms with Gasteiger partial charge in [-0.15, -0.1) is 0 Å². The molecular weight excluding hydrogens is 357 g/mol. The topological polar surface area (TPSA) is 44.4 Å². The van der Waals surface area contributed by atoms with E-state index >= 15 is 0 Å². The summed E-state index contributed by atoms with van der Waals surface area (Å²) in [5, 5.41) is 6.95. The summed E-state index contributed by atoms with van der Waals surface area (Å²) in [5.74, 6) is -0.0781. The van der Waals surface area contributed by atoms with Crippen LogP contribution in [0.15, 0.2) is 42.5 Å². The molecule has 6 heteroatoms. The highest BCUT2D eigenvalue weighted by molar-refractivity contribution is 6.42. The van der Waals surface area contributed by atoms with E-state index in [0.29, 0.717) is 28.7 Å². The fourth-order valence-corrected chi connectivity index (χ4v) is 2.79. The second-order valence-electron chi connectivity index (χ2n) is 5.57. The monoisotopic (exact) mass is 379 g/mol. The van der Waals surface area contributed by atoms with Crippen molar-refractivity contribution in [1.82, 2.24) is 0 Å². The van der Waals surface area contributed by atoms with E-state index in [1.807, 2.05) is 12.1 Å². The van der Waals surface area contributed by atoms with Crippen molar-refractivity contribution in [2.45, 2.75) is 20.3 Å². The molecule has 2 aromatic rings. The van der Waals surface area contributed by atoms with Gasteiger partial charge in [0.2, 0.25) is 5.91 Å². The third kappa shape index (κ3) is 5.83. The SMILES string of the molecule is CCN(CC)c1ccc(NCCC(=O)Nc2ccc(Cl)c(Cl)c2)cc1. The highest BCUT2D eigenvalue weighted by atomic mass is 35.5. The van der Waals surface area contributed by atoms with Gasteiger partial charge in [-0.3, -0.25) is 4.79 Å². The molecule has 2 rings (SSSR count). The summed E-state index contributed by atoms with van der Waals surface area (Å²) in [7, 11) is 0. The molecule has 0 bridgehead atoms. The standard InChI is InChI=1S/C19H23Cl2N3O/c1-3-24(4-2)16-8-5-14(6-9-16)22-12-11-19(25)23-15-7-10-17(20)18(21)13-15/h5-10,13,22H,3-4,11-12H2,1-2H3,(H,23,25). The molecule has 0 saturated carbocycles. The molecule has 0 saturated heterocycles. The van der Waals surface area contributed by atoms with E-state index in [2.05, 4.69) is 41.5 Å². The molecule has 134 valence electrons. The van der Waals surface area contributed by atoms with Crippen molar-refractivity contribution in [3.63, 3.8) is 0 Å². The Morgan fingerprint density at radius 2 is 1.60 bits per heavy atom. The minimum Gasteiger partial charge on any atom is -0.385 e. The summed E-state index contributed by atoms with van der Waals surface area (Å²) in [5.41, 5.74) is 2.84. The van der Waals surface area contributed by atoms with E-state index in [1.165, 1.54) is 5.69 Å². The van der Waals surface area contributed by atoms with Gasteiger partial charge < -0.3 is 15.5 Å². The van der Waals surface area contributed by atoms with Crippen LogP contribution in [0.5, 0.6) is 0 Å². The second-order valence-corrected chi connectivity index (χ2v) is 6.39. The second kappa shape index (κ2) is 9.54. The molecule has 0 fully saturated rings. The minimum atomic E-state index is -0.0781. The Morgan fingerprint density at radius 3 is 2.20 bits per heavy atom. The molecule has 2 aromatic carbocycles.